The van der Waals surface area contributed by atoms with E-state index in [1.807, 2.05) is 5.32 Å². The number of anilines is 2. The van der Waals surface area contributed by atoms with Crippen LogP contribution in [0.4, 0.5) is 16.3 Å². The summed E-state index contributed by atoms with van der Waals surface area (Å²) in [4.78, 5) is 38.5. The predicted octanol–water partition coefficient (Wildman–Crippen LogP) is -1.02. The van der Waals surface area contributed by atoms with Crippen LogP contribution in [0.25, 0.3) is 0 Å². The molecule has 1 aromatic heterocycles. The van der Waals surface area contributed by atoms with Gasteiger partial charge in [-0.3, -0.25) is 20.2 Å². The lowest BCUT2D eigenvalue weighted by Gasteiger charge is -2.31. The molecule has 0 aliphatic carbocycles. The quantitative estimate of drug-likeness (QED) is 0.338. The Morgan fingerprint density at radius 1 is 1.06 bits per heavy atom. The summed E-state index contributed by atoms with van der Waals surface area (Å²) in [5, 5.41) is 9.40. The highest BCUT2D eigenvalue weighted by Crippen LogP contribution is 2.28. The molecule has 4 amide bonds. The highest BCUT2D eigenvalue weighted by Gasteiger charge is 2.55. The van der Waals surface area contributed by atoms with E-state index < -0.39 is 23.5 Å². The van der Waals surface area contributed by atoms with Crippen LogP contribution in [0.2, 0.25) is 0 Å². The van der Waals surface area contributed by atoms with Crippen molar-refractivity contribution in [2.24, 2.45) is 0 Å². The molecule has 0 unspecified atom stereocenters. The zero-order chi connectivity index (χ0) is 12.0. The second-order valence-electron chi connectivity index (χ2n) is 3.64. The summed E-state index contributed by atoms with van der Waals surface area (Å²) in [5.74, 6) is -1.10. The molecule has 8 nitrogen and oxygen atoms in total. The number of amides is 4. The van der Waals surface area contributed by atoms with Gasteiger partial charge in [0.05, 0.1) is 5.69 Å². The third-order valence-corrected chi connectivity index (χ3v) is 2.57. The lowest BCUT2D eigenvalue weighted by molar-refractivity contribution is -0.131. The fourth-order valence-corrected chi connectivity index (χ4v) is 1.77. The summed E-state index contributed by atoms with van der Waals surface area (Å²) in [6, 6.07) is 2.57. The summed E-state index contributed by atoms with van der Waals surface area (Å²) in [7, 11) is 0. The third-order valence-electron chi connectivity index (χ3n) is 2.57. The molecule has 3 rings (SSSR count). The first-order valence-electron chi connectivity index (χ1n) is 4.80. The van der Waals surface area contributed by atoms with Crippen LogP contribution in [0.3, 0.4) is 0 Å². The smallest absolute Gasteiger partial charge is 0.324 e. The minimum Gasteiger partial charge on any atom is -0.344 e. The highest BCUT2D eigenvalue weighted by atomic mass is 16.2. The van der Waals surface area contributed by atoms with Crippen molar-refractivity contribution in [3.05, 3.63) is 18.3 Å². The zero-order valence-electron chi connectivity index (χ0n) is 8.40. The number of urea groups is 1. The monoisotopic (exact) mass is 233 g/mol. The molecule has 1 aromatic rings. The number of pyridine rings is 1. The fraction of sp³-hybridized carbons (Fsp3) is 0.111. The molecule has 0 saturated carbocycles. The zero-order valence-corrected chi connectivity index (χ0v) is 8.40. The Bertz CT molecular complexity index is 557. The molecule has 1 atom stereocenters. The summed E-state index contributed by atoms with van der Waals surface area (Å²) in [5.41, 5.74) is -1.32. The first-order chi connectivity index (χ1) is 8.12. The summed E-state index contributed by atoms with van der Waals surface area (Å²) in [6.45, 7) is 0. The molecular formula is C9H7N5O3. The topological polar surface area (TPSA) is 112 Å². The van der Waals surface area contributed by atoms with E-state index in [-0.39, 0.29) is 0 Å². The van der Waals surface area contributed by atoms with Crippen LogP contribution in [-0.4, -0.2) is 28.5 Å². The fourth-order valence-electron chi connectivity index (χ4n) is 1.77. The summed E-state index contributed by atoms with van der Waals surface area (Å²) < 4.78 is 0. The first-order valence-corrected chi connectivity index (χ1v) is 4.80. The van der Waals surface area contributed by atoms with Gasteiger partial charge in [0.25, 0.3) is 17.5 Å². The van der Waals surface area contributed by atoms with E-state index in [9.17, 15) is 14.4 Å². The van der Waals surface area contributed by atoms with Gasteiger partial charge in [0, 0.05) is 6.20 Å². The number of aromatic nitrogens is 1. The summed E-state index contributed by atoms with van der Waals surface area (Å²) in [6.07, 6.45) is 1.51. The van der Waals surface area contributed by atoms with E-state index in [0.29, 0.717) is 11.5 Å². The normalized spacial score (nSPS) is 25.8. The van der Waals surface area contributed by atoms with Crippen molar-refractivity contribution in [3.8, 4) is 0 Å². The van der Waals surface area contributed by atoms with Gasteiger partial charge in [-0.2, -0.15) is 0 Å². The van der Waals surface area contributed by atoms with Crippen molar-refractivity contribution in [3.63, 3.8) is 0 Å². The van der Waals surface area contributed by atoms with E-state index >= 15 is 0 Å². The van der Waals surface area contributed by atoms with Gasteiger partial charge in [-0.05, 0) is 12.1 Å². The maximum absolute atomic E-state index is 11.8. The van der Waals surface area contributed by atoms with Crippen LogP contribution in [0.5, 0.6) is 0 Å². The molecule has 0 aromatic carbocycles. The van der Waals surface area contributed by atoms with Gasteiger partial charge in [0.1, 0.15) is 0 Å². The van der Waals surface area contributed by atoms with Crippen LogP contribution in [0.15, 0.2) is 18.3 Å². The van der Waals surface area contributed by atoms with Crippen LogP contribution >= 0.6 is 0 Å². The number of nitrogens with one attached hydrogen (secondary N) is 4. The first kappa shape index (κ1) is 9.58. The van der Waals surface area contributed by atoms with Gasteiger partial charge < -0.3 is 10.6 Å². The number of carbonyl (C=O) groups is 3. The van der Waals surface area contributed by atoms with E-state index in [2.05, 4.69) is 20.9 Å². The van der Waals surface area contributed by atoms with Gasteiger partial charge in [0.2, 0.25) is 0 Å². The van der Waals surface area contributed by atoms with Crippen molar-refractivity contribution >= 4 is 29.4 Å². The molecule has 2 aliphatic heterocycles. The maximum Gasteiger partial charge on any atom is 0.324 e. The van der Waals surface area contributed by atoms with Crippen LogP contribution in [0.1, 0.15) is 0 Å². The van der Waals surface area contributed by atoms with Gasteiger partial charge in [-0.25, -0.2) is 9.78 Å². The molecule has 4 N–H and O–H groups in total. The minimum atomic E-state index is -1.78. The molecule has 2 aliphatic rings. The van der Waals surface area contributed by atoms with Gasteiger partial charge in [-0.15, -0.1) is 0 Å². The second-order valence-corrected chi connectivity index (χ2v) is 3.64. The van der Waals surface area contributed by atoms with Crippen molar-refractivity contribution in [2.75, 3.05) is 10.6 Å². The molecular weight excluding hydrogens is 226 g/mol. The molecule has 8 heteroatoms. The van der Waals surface area contributed by atoms with Crippen molar-refractivity contribution in [1.29, 1.82) is 0 Å². The number of carbonyl (C=O) groups excluding carboxylic acids is 3. The van der Waals surface area contributed by atoms with Crippen LogP contribution in [-0.2, 0) is 9.59 Å². The maximum atomic E-state index is 11.8. The SMILES string of the molecule is O=C1NC(=O)[C@]2(N1)Nc1cccnc1NC2=O. The molecule has 86 valence electrons. The van der Waals surface area contributed by atoms with Gasteiger partial charge >= 0.3 is 6.03 Å². The Kier molecular flexibility index (Phi) is 1.65. The Hall–Kier alpha value is -2.64. The largest absolute Gasteiger partial charge is 0.344 e. The average Bonchev–Trinajstić information content (AvgIpc) is 2.56. The predicted molar refractivity (Wildman–Crippen MR) is 55.9 cm³/mol. The van der Waals surface area contributed by atoms with E-state index in [1.165, 1.54) is 6.20 Å². The number of imide groups is 1. The van der Waals surface area contributed by atoms with Crippen molar-refractivity contribution in [2.45, 2.75) is 5.66 Å². The van der Waals surface area contributed by atoms with Crippen molar-refractivity contribution in [1.82, 2.24) is 15.6 Å². The lowest BCUT2D eigenvalue weighted by Crippen LogP contribution is -2.64. The molecule has 1 fully saturated rings. The van der Waals surface area contributed by atoms with Crippen LogP contribution < -0.4 is 21.3 Å². The minimum absolute atomic E-state index is 0.317. The van der Waals surface area contributed by atoms with E-state index in [0.717, 1.165) is 0 Å². The van der Waals surface area contributed by atoms with Crippen LogP contribution in [0, 0.1) is 0 Å². The number of fused-ring (bicyclic) bond motifs is 1. The summed E-state index contributed by atoms with van der Waals surface area (Å²) >= 11 is 0. The molecule has 0 radical (unpaired) electrons. The second kappa shape index (κ2) is 2.94. The van der Waals surface area contributed by atoms with Gasteiger partial charge in [-0.1, -0.05) is 0 Å². The molecule has 1 saturated heterocycles. The number of nitrogens with zero attached hydrogens (tertiary/aromatic N) is 1. The Labute approximate surface area is 94.8 Å². The Balaban J connectivity index is 2.08. The average molecular weight is 233 g/mol. The number of hydrogen-bond donors (Lipinski definition) is 4. The van der Waals surface area contributed by atoms with E-state index in [1.54, 1.807) is 12.1 Å². The van der Waals surface area contributed by atoms with Crippen molar-refractivity contribution < 1.29 is 14.4 Å². The lowest BCUT2D eigenvalue weighted by atomic mass is 10.1. The molecule has 1 spiro atoms. The highest BCUT2D eigenvalue weighted by molar-refractivity contribution is 6.26. The number of hydrogen-bond acceptors (Lipinski definition) is 5. The number of rotatable bonds is 0. The standard InChI is InChI=1S/C9H7N5O3/c15-6-9(7(16)12-8(17)14-9)13-4-2-1-3-10-5(4)11-6/h1-3,13H,(H,10,11,15)(H2,12,14,16,17)/t9-/m0/s1. The van der Waals surface area contributed by atoms with Gasteiger partial charge in [0.15, 0.2) is 5.82 Å². The molecule has 17 heavy (non-hydrogen) atoms. The Morgan fingerprint density at radius 3 is 2.53 bits per heavy atom. The Morgan fingerprint density at radius 2 is 1.82 bits per heavy atom. The van der Waals surface area contributed by atoms with E-state index in [4.69, 9.17) is 0 Å². The molecule has 0 bridgehead atoms. The molecule has 3 heterocycles. The third kappa shape index (κ3) is 1.17.